The Morgan fingerprint density at radius 2 is 2.08 bits per heavy atom. The van der Waals surface area contributed by atoms with E-state index < -0.39 is 0 Å². The summed E-state index contributed by atoms with van der Waals surface area (Å²) < 4.78 is 4.94. The van der Waals surface area contributed by atoms with Gasteiger partial charge in [-0.3, -0.25) is 4.79 Å². The maximum Gasteiger partial charge on any atom is 0.309 e. The van der Waals surface area contributed by atoms with Gasteiger partial charge in [-0.05, 0) is 25.4 Å². The Balaban J connectivity index is 3.87. The number of ether oxygens (including phenoxy) is 1. The van der Waals surface area contributed by atoms with Crippen LogP contribution in [0.3, 0.4) is 0 Å². The van der Waals surface area contributed by atoms with E-state index in [4.69, 9.17) is 4.74 Å². The summed E-state index contributed by atoms with van der Waals surface area (Å²) in [6.45, 7) is 6.56. The molecule has 0 heterocycles. The number of carbonyl (C=O) groups is 1. The highest BCUT2D eigenvalue weighted by Gasteiger charge is 2.18. The zero-order valence-corrected chi connectivity index (χ0v) is 9.32. The fraction of sp³-hybridized carbons (Fsp3) is 0.889. The predicted molar refractivity (Wildman–Crippen MR) is 54.2 cm³/mol. The monoisotopic (exact) mass is 190 g/mol. The third kappa shape index (κ3) is 4.71. The summed E-state index contributed by atoms with van der Waals surface area (Å²) in [5.74, 6) is 0.566. The van der Waals surface area contributed by atoms with Crippen LogP contribution < -0.4 is 0 Å². The SMILES string of the molecule is CCOC(=O)C(CP)CC(C)C. The van der Waals surface area contributed by atoms with Crippen molar-refractivity contribution in [3.63, 3.8) is 0 Å². The number of hydrogen-bond donors (Lipinski definition) is 0. The van der Waals surface area contributed by atoms with Gasteiger partial charge in [-0.1, -0.05) is 13.8 Å². The number of rotatable bonds is 5. The lowest BCUT2D eigenvalue weighted by Gasteiger charge is -2.14. The Labute approximate surface area is 77.3 Å². The highest BCUT2D eigenvalue weighted by molar-refractivity contribution is 7.16. The third-order valence-electron chi connectivity index (χ3n) is 1.66. The van der Waals surface area contributed by atoms with Gasteiger partial charge < -0.3 is 4.74 Å². The van der Waals surface area contributed by atoms with Gasteiger partial charge in [-0.2, -0.15) is 0 Å². The maximum absolute atomic E-state index is 11.3. The van der Waals surface area contributed by atoms with E-state index >= 15 is 0 Å². The van der Waals surface area contributed by atoms with Crippen molar-refractivity contribution in [1.82, 2.24) is 0 Å². The topological polar surface area (TPSA) is 26.3 Å². The van der Waals surface area contributed by atoms with E-state index in [1.54, 1.807) is 0 Å². The lowest BCUT2D eigenvalue weighted by Crippen LogP contribution is -2.20. The molecule has 2 unspecified atom stereocenters. The summed E-state index contributed by atoms with van der Waals surface area (Å²) in [6.07, 6.45) is 1.72. The van der Waals surface area contributed by atoms with Gasteiger partial charge in [0, 0.05) is 0 Å². The molecule has 0 amide bonds. The molecule has 0 saturated heterocycles. The van der Waals surface area contributed by atoms with E-state index in [0.717, 1.165) is 12.6 Å². The quantitative estimate of drug-likeness (QED) is 0.490. The van der Waals surface area contributed by atoms with Crippen LogP contribution >= 0.6 is 9.24 Å². The van der Waals surface area contributed by atoms with E-state index in [9.17, 15) is 4.79 Å². The molecular weight excluding hydrogens is 171 g/mol. The van der Waals surface area contributed by atoms with Crippen LogP contribution in [-0.2, 0) is 9.53 Å². The Hall–Kier alpha value is -0.100. The molecule has 12 heavy (non-hydrogen) atoms. The minimum atomic E-state index is -0.0544. The second-order valence-corrected chi connectivity index (χ2v) is 3.79. The molecule has 0 fully saturated rings. The van der Waals surface area contributed by atoms with Crippen molar-refractivity contribution in [2.24, 2.45) is 11.8 Å². The summed E-state index contributed by atoms with van der Waals surface area (Å²) >= 11 is 0. The number of carbonyl (C=O) groups excluding carboxylic acids is 1. The Bertz CT molecular complexity index is 134. The lowest BCUT2D eigenvalue weighted by molar-refractivity contribution is -0.147. The van der Waals surface area contributed by atoms with Crippen LogP contribution in [0.5, 0.6) is 0 Å². The van der Waals surface area contributed by atoms with Gasteiger partial charge in [0.15, 0.2) is 0 Å². The van der Waals surface area contributed by atoms with Crippen molar-refractivity contribution >= 4 is 15.2 Å². The second kappa shape index (κ2) is 6.42. The minimum absolute atomic E-state index is 0.0544. The average Bonchev–Trinajstić information content (AvgIpc) is 2.00. The van der Waals surface area contributed by atoms with Crippen LogP contribution in [-0.4, -0.2) is 18.7 Å². The first-order chi connectivity index (χ1) is 5.61. The molecule has 0 aliphatic carbocycles. The minimum Gasteiger partial charge on any atom is -0.466 e. The molecule has 0 aliphatic heterocycles. The zero-order chi connectivity index (χ0) is 9.56. The second-order valence-electron chi connectivity index (χ2n) is 3.31. The number of esters is 1. The molecule has 0 saturated carbocycles. The van der Waals surface area contributed by atoms with Gasteiger partial charge in [-0.25, -0.2) is 0 Å². The highest BCUT2D eigenvalue weighted by Crippen LogP contribution is 2.15. The van der Waals surface area contributed by atoms with Gasteiger partial charge in [0.1, 0.15) is 0 Å². The summed E-state index contributed by atoms with van der Waals surface area (Å²) in [5.41, 5.74) is 0. The molecule has 0 aromatic carbocycles. The van der Waals surface area contributed by atoms with Crippen molar-refractivity contribution in [2.45, 2.75) is 27.2 Å². The molecule has 2 atom stereocenters. The first-order valence-electron chi connectivity index (χ1n) is 4.48. The molecule has 0 spiro atoms. The fourth-order valence-corrected chi connectivity index (χ4v) is 1.50. The molecule has 72 valence electrons. The van der Waals surface area contributed by atoms with Crippen LogP contribution in [0.1, 0.15) is 27.2 Å². The van der Waals surface area contributed by atoms with Crippen LogP contribution in [0.4, 0.5) is 0 Å². The van der Waals surface area contributed by atoms with Crippen molar-refractivity contribution in [3.8, 4) is 0 Å². The largest absolute Gasteiger partial charge is 0.466 e. The molecule has 0 bridgehead atoms. The lowest BCUT2D eigenvalue weighted by atomic mass is 9.99. The molecule has 2 nitrogen and oxygen atoms in total. The first-order valence-corrected chi connectivity index (χ1v) is 5.30. The fourth-order valence-electron chi connectivity index (χ4n) is 1.12. The van der Waals surface area contributed by atoms with Gasteiger partial charge >= 0.3 is 5.97 Å². The normalized spacial score (nSPS) is 13.1. The van der Waals surface area contributed by atoms with Crippen LogP contribution in [0.2, 0.25) is 0 Å². The van der Waals surface area contributed by atoms with Crippen LogP contribution in [0.15, 0.2) is 0 Å². The standard InChI is InChI=1S/C9H19O2P/c1-4-11-9(10)8(6-12)5-7(2)3/h7-8H,4-6,12H2,1-3H3. The van der Waals surface area contributed by atoms with Crippen molar-refractivity contribution in [3.05, 3.63) is 0 Å². The highest BCUT2D eigenvalue weighted by atomic mass is 31.0. The zero-order valence-electron chi connectivity index (χ0n) is 8.17. The van der Waals surface area contributed by atoms with Crippen molar-refractivity contribution in [2.75, 3.05) is 12.8 Å². The van der Waals surface area contributed by atoms with Gasteiger partial charge in [0.05, 0.1) is 12.5 Å². The van der Waals surface area contributed by atoms with Gasteiger partial charge in [0.25, 0.3) is 0 Å². The Morgan fingerprint density at radius 1 is 1.50 bits per heavy atom. The van der Waals surface area contributed by atoms with Crippen molar-refractivity contribution < 1.29 is 9.53 Å². The average molecular weight is 190 g/mol. The van der Waals surface area contributed by atoms with Gasteiger partial charge in [0.2, 0.25) is 0 Å². The van der Waals surface area contributed by atoms with E-state index in [0.29, 0.717) is 12.5 Å². The predicted octanol–water partition coefficient (Wildman–Crippen LogP) is 2.09. The maximum atomic E-state index is 11.3. The summed E-state index contributed by atoms with van der Waals surface area (Å²) in [6, 6.07) is 0. The number of hydrogen-bond acceptors (Lipinski definition) is 2. The van der Waals surface area contributed by atoms with Crippen LogP contribution in [0.25, 0.3) is 0 Å². The molecule has 0 aromatic heterocycles. The van der Waals surface area contributed by atoms with Gasteiger partial charge in [-0.15, -0.1) is 9.24 Å². The molecule has 0 rings (SSSR count). The van der Waals surface area contributed by atoms with E-state index in [-0.39, 0.29) is 11.9 Å². The molecular formula is C9H19O2P. The smallest absolute Gasteiger partial charge is 0.309 e. The molecule has 3 heteroatoms. The summed E-state index contributed by atoms with van der Waals surface area (Å²) in [7, 11) is 2.60. The van der Waals surface area contributed by atoms with Crippen molar-refractivity contribution in [1.29, 1.82) is 0 Å². The summed E-state index contributed by atoms with van der Waals surface area (Å²) in [5, 5.41) is 0. The molecule has 0 radical (unpaired) electrons. The summed E-state index contributed by atoms with van der Waals surface area (Å²) in [4.78, 5) is 11.3. The van der Waals surface area contributed by atoms with E-state index in [2.05, 4.69) is 23.1 Å². The first kappa shape index (κ1) is 11.9. The molecule has 0 aromatic rings. The third-order valence-corrected chi connectivity index (χ3v) is 2.23. The Morgan fingerprint density at radius 3 is 2.42 bits per heavy atom. The Kier molecular flexibility index (Phi) is 6.37. The molecule has 0 aliphatic rings. The van der Waals surface area contributed by atoms with Crippen LogP contribution in [0, 0.1) is 11.8 Å². The van der Waals surface area contributed by atoms with E-state index in [1.165, 1.54) is 0 Å². The van der Waals surface area contributed by atoms with E-state index in [1.807, 2.05) is 6.92 Å². The molecule has 0 N–H and O–H groups in total.